The molecule has 2 aliphatic carbocycles. The Morgan fingerprint density at radius 2 is 2.44 bits per heavy atom. The summed E-state index contributed by atoms with van der Waals surface area (Å²) in [6.45, 7) is 0. The van der Waals surface area contributed by atoms with Crippen molar-refractivity contribution >= 4 is 28.4 Å². The minimum atomic E-state index is 0.0996. The smallest absolute Gasteiger partial charge is 0.149 e. The van der Waals surface area contributed by atoms with Crippen molar-refractivity contribution in [3.8, 4) is 0 Å². The maximum absolute atomic E-state index is 11.2. The molecule has 0 aliphatic heterocycles. The number of carbonyl (C=O) groups is 1. The van der Waals surface area contributed by atoms with Crippen LogP contribution in [0.25, 0.3) is 0 Å². The second-order valence-corrected chi connectivity index (χ2v) is 5.27. The second-order valence-electron chi connectivity index (χ2n) is 3.20. The third-order valence-electron chi connectivity index (χ3n) is 2.53. The van der Waals surface area contributed by atoms with Crippen molar-refractivity contribution in [1.82, 2.24) is 0 Å². The molecular formula is C7H9IO. The molecule has 2 rings (SSSR count). The largest absolute Gasteiger partial charge is 0.298 e. The molecule has 0 N–H and O–H groups in total. The van der Waals surface area contributed by atoms with E-state index in [1.54, 1.807) is 0 Å². The Bertz CT molecular complexity index is 166. The minimum absolute atomic E-state index is 0.0996. The molecule has 50 valence electrons. The summed E-state index contributed by atoms with van der Waals surface area (Å²) < 4.78 is 0.0996. The summed E-state index contributed by atoms with van der Waals surface area (Å²) in [5.41, 5.74) is 0. The molecule has 0 saturated heterocycles. The molecule has 2 bridgehead atoms. The number of Topliss-reactive ketones (excluding diaryl/α,β-unsaturated/α-hetero) is 1. The van der Waals surface area contributed by atoms with Gasteiger partial charge >= 0.3 is 0 Å². The number of carbonyl (C=O) groups excluding carboxylic acids is 1. The van der Waals surface area contributed by atoms with Crippen molar-refractivity contribution < 1.29 is 4.79 Å². The summed E-state index contributed by atoms with van der Waals surface area (Å²) in [6, 6.07) is 0. The third-order valence-corrected chi connectivity index (χ3v) is 4.12. The first-order valence-electron chi connectivity index (χ1n) is 3.43. The quantitative estimate of drug-likeness (QED) is 0.464. The predicted octanol–water partition coefficient (Wildman–Crippen LogP) is 1.93. The molecule has 2 saturated carbocycles. The van der Waals surface area contributed by atoms with Crippen LogP contribution in [0.2, 0.25) is 0 Å². The van der Waals surface area contributed by atoms with Crippen molar-refractivity contribution in [2.75, 3.05) is 0 Å². The van der Waals surface area contributed by atoms with E-state index in [0.717, 1.165) is 18.8 Å². The zero-order valence-electron chi connectivity index (χ0n) is 5.19. The number of halogens is 1. The van der Waals surface area contributed by atoms with Crippen LogP contribution in [0, 0.1) is 5.92 Å². The van der Waals surface area contributed by atoms with Gasteiger partial charge in [0.1, 0.15) is 5.78 Å². The number of hydrogen-bond acceptors (Lipinski definition) is 1. The highest BCUT2D eigenvalue weighted by Crippen LogP contribution is 2.50. The highest BCUT2D eigenvalue weighted by molar-refractivity contribution is 14.1. The molecular weight excluding hydrogens is 227 g/mol. The van der Waals surface area contributed by atoms with Crippen molar-refractivity contribution in [2.24, 2.45) is 5.92 Å². The molecule has 2 fully saturated rings. The van der Waals surface area contributed by atoms with Gasteiger partial charge in [0.05, 0.1) is 3.42 Å². The van der Waals surface area contributed by atoms with E-state index in [9.17, 15) is 4.79 Å². The van der Waals surface area contributed by atoms with Crippen LogP contribution < -0.4 is 0 Å². The van der Waals surface area contributed by atoms with Gasteiger partial charge in [-0.05, 0) is 25.2 Å². The van der Waals surface area contributed by atoms with E-state index in [2.05, 4.69) is 22.6 Å². The van der Waals surface area contributed by atoms with Crippen molar-refractivity contribution in [2.45, 2.75) is 29.1 Å². The van der Waals surface area contributed by atoms with Gasteiger partial charge in [0.15, 0.2) is 0 Å². The molecule has 0 amide bonds. The fourth-order valence-corrected chi connectivity index (χ4v) is 3.12. The molecule has 2 aliphatic rings. The van der Waals surface area contributed by atoms with E-state index >= 15 is 0 Å². The van der Waals surface area contributed by atoms with Gasteiger partial charge in [-0.25, -0.2) is 0 Å². The highest BCUT2D eigenvalue weighted by Gasteiger charge is 2.49. The average Bonchev–Trinajstić information content (AvgIpc) is 2.22. The van der Waals surface area contributed by atoms with E-state index in [-0.39, 0.29) is 3.42 Å². The molecule has 1 unspecified atom stereocenters. The Hall–Kier alpha value is 0.400. The molecule has 0 aromatic heterocycles. The van der Waals surface area contributed by atoms with E-state index in [1.165, 1.54) is 12.8 Å². The molecule has 0 radical (unpaired) electrons. The lowest BCUT2D eigenvalue weighted by molar-refractivity contribution is -0.120. The van der Waals surface area contributed by atoms with E-state index < -0.39 is 0 Å². The van der Waals surface area contributed by atoms with Crippen molar-refractivity contribution in [1.29, 1.82) is 0 Å². The molecule has 0 spiro atoms. The first kappa shape index (κ1) is 6.13. The van der Waals surface area contributed by atoms with Crippen LogP contribution in [0.15, 0.2) is 0 Å². The summed E-state index contributed by atoms with van der Waals surface area (Å²) in [5, 5.41) is 0. The summed E-state index contributed by atoms with van der Waals surface area (Å²) in [5.74, 6) is 1.27. The van der Waals surface area contributed by atoms with Gasteiger partial charge in [-0.1, -0.05) is 22.6 Å². The normalized spacial score (nSPS) is 48.6. The van der Waals surface area contributed by atoms with Gasteiger partial charge < -0.3 is 0 Å². The van der Waals surface area contributed by atoms with E-state index in [1.807, 2.05) is 0 Å². The van der Waals surface area contributed by atoms with Crippen LogP contribution in [0.4, 0.5) is 0 Å². The zero-order chi connectivity index (χ0) is 6.48. The lowest BCUT2D eigenvalue weighted by Gasteiger charge is -2.15. The van der Waals surface area contributed by atoms with Crippen molar-refractivity contribution in [3.05, 3.63) is 0 Å². The van der Waals surface area contributed by atoms with Crippen LogP contribution in [-0.2, 0) is 4.79 Å². The number of rotatable bonds is 0. The Kier molecular flexibility index (Phi) is 1.17. The predicted molar refractivity (Wildman–Crippen MR) is 43.7 cm³/mol. The number of ketones is 1. The van der Waals surface area contributed by atoms with Crippen LogP contribution in [0.3, 0.4) is 0 Å². The Morgan fingerprint density at radius 1 is 1.67 bits per heavy atom. The monoisotopic (exact) mass is 236 g/mol. The Labute approximate surface area is 68.3 Å². The number of alkyl halides is 1. The fourth-order valence-electron chi connectivity index (χ4n) is 1.97. The maximum atomic E-state index is 11.2. The summed E-state index contributed by atoms with van der Waals surface area (Å²) in [7, 11) is 0. The minimum Gasteiger partial charge on any atom is -0.298 e. The van der Waals surface area contributed by atoms with Gasteiger partial charge in [0, 0.05) is 6.42 Å². The molecule has 2 atom stereocenters. The molecule has 9 heavy (non-hydrogen) atoms. The lowest BCUT2D eigenvalue weighted by Crippen LogP contribution is -2.24. The second kappa shape index (κ2) is 1.71. The molecule has 2 heteroatoms. The molecule has 0 aromatic rings. The molecule has 0 heterocycles. The SMILES string of the molecule is O=C1CC2CC[C@]1(I)C2. The van der Waals surface area contributed by atoms with Gasteiger partial charge in [0.25, 0.3) is 0 Å². The van der Waals surface area contributed by atoms with Crippen LogP contribution in [-0.4, -0.2) is 9.20 Å². The lowest BCUT2D eigenvalue weighted by atomic mass is 10.00. The van der Waals surface area contributed by atoms with Gasteiger partial charge in [-0.2, -0.15) is 0 Å². The van der Waals surface area contributed by atoms with E-state index in [4.69, 9.17) is 0 Å². The Balaban J connectivity index is 2.32. The fraction of sp³-hybridized carbons (Fsp3) is 0.857. The van der Waals surface area contributed by atoms with Gasteiger partial charge in [-0.15, -0.1) is 0 Å². The van der Waals surface area contributed by atoms with E-state index in [0.29, 0.717) is 5.78 Å². The molecule has 1 nitrogen and oxygen atoms in total. The van der Waals surface area contributed by atoms with Gasteiger partial charge in [-0.3, -0.25) is 4.79 Å². The first-order chi connectivity index (χ1) is 4.21. The first-order valence-corrected chi connectivity index (χ1v) is 4.51. The van der Waals surface area contributed by atoms with Gasteiger partial charge in [0.2, 0.25) is 0 Å². The van der Waals surface area contributed by atoms with Crippen LogP contribution >= 0.6 is 22.6 Å². The van der Waals surface area contributed by atoms with Crippen molar-refractivity contribution in [3.63, 3.8) is 0 Å². The number of hydrogen-bond donors (Lipinski definition) is 0. The summed E-state index contributed by atoms with van der Waals surface area (Å²) >= 11 is 2.35. The standard InChI is InChI=1S/C7H9IO/c8-7-2-1-5(4-7)3-6(7)9/h5H,1-4H2/t5?,7-/m0/s1. The maximum Gasteiger partial charge on any atom is 0.149 e. The Morgan fingerprint density at radius 3 is 2.67 bits per heavy atom. The third kappa shape index (κ3) is 0.751. The van der Waals surface area contributed by atoms with Crippen LogP contribution in [0.5, 0.6) is 0 Å². The average molecular weight is 236 g/mol. The summed E-state index contributed by atoms with van der Waals surface area (Å²) in [6.07, 6.45) is 4.50. The summed E-state index contributed by atoms with van der Waals surface area (Å²) in [4.78, 5) is 11.2. The number of fused-ring (bicyclic) bond motifs is 2. The zero-order valence-corrected chi connectivity index (χ0v) is 7.35. The molecule has 0 aromatic carbocycles. The topological polar surface area (TPSA) is 17.1 Å². The highest BCUT2D eigenvalue weighted by atomic mass is 127. The van der Waals surface area contributed by atoms with Crippen LogP contribution in [0.1, 0.15) is 25.7 Å².